The minimum absolute atomic E-state index is 0.130. The van der Waals surface area contributed by atoms with Crippen LogP contribution < -0.4 is 5.32 Å². The Hall–Kier alpha value is -3.07. The third-order valence-corrected chi connectivity index (χ3v) is 5.22. The molecule has 1 atom stereocenters. The number of carbonyl (C=O) groups is 1. The normalized spacial score (nSPS) is 18.7. The van der Waals surface area contributed by atoms with E-state index in [1.165, 1.54) is 0 Å². The van der Waals surface area contributed by atoms with Gasteiger partial charge in [-0.2, -0.15) is 0 Å². The van der Waals surface area contributed by atoms with E-state index in [0.717, 1.165) is 22.4 Å². The highest BCUT2D eigenvalue weighted by atomic mass is 16.3. The first-order valence-corrected chi connectivity index (χ1v) is 8.85. The summed E-state index contributed by atoms with van der Waals surface area (Å²) in [7, 11) is 0. The number of nitrogens with one attached hydrogen (secondary N) is 1. The third-order valence-electron chi connectivity index (χ3n) is 5.22. The van der Waals surface area contributed by atoms with Crippen LogP contribution in [0.5, 0.6) is 5.75 Å². The number of hydrogen-bond acceptors (Lipinski definition) is 2. The Morgan fingerprint density at radius 3 is 2.31 bits per heavy atom. The summed E-state index contributed by atoms with van der Waals surface area (Å²) in [5, 5.41) is 13.8. The van der Waals surface area contributed by atoms with Crippen LogP contribution in [0.25, 0.3) is 0 Å². The molecule has 3 aromatic carbocycles. The quantitative estimate of drug-likeness (QED) is 0.717. The first-order chi connectivity index (χ1) is 12.5. The third kappa shape index (κ3) is 2.24. The van der Waals surface area contributed by atoms with Crippen LogP contribution in [0.15, 0.2) is 72.8 Å². The predicted octanol–water partition coefficient (Wildman–Crippen LogP) is 4.80. The van der Waals surface area contributed by atoms with Gasteiger partial charge in [-0.15, -0.1) is 0 Å². The van der Waals surface area contributed by atoms with Gasteiger partial charge in [0, 0.05) is 16.8 Å². The van der Waals surface area contributed by atoms with Crippen molar-refractivity contribution in [3.8, 4) is 5.75 Å². The van der Waals surface area contributed by atoms with Crippen LogP contribution in [0.3, 0.4) is 0 Å². The van der Waals surface area contributed by atoms with Crippen molar-refractivity contribution in [2.24, 2.45) is 0 Å². The van der Waals surface area contributed by atoms with Crippen LogP contribution in [-0.4, -0.2) is 11.0 Å². The second kappa shape index (κ2) is 6.03. The van der Waals surface area contributed by atoms with E-state index >= 15 is 0 Å². The van der Waals surface area contributed by atoms with Gasteiger partial charge in [-0.3, -0.25) is 4.79 Å². The molecule has 3 aromatic rings. The number of hydrogen-bond donors (Lipinski definition) is 2. The van der Waals surface area contributed by atoms with Crippen molar-refractivity contribution in [2.75, 3.05) is 5.32 Å². The van der Waals surface area contributed by atoms with E-state index in [2.05, 4.69) is 19.2 Å². The molecule has 3 nitrogen and oxygen atoms in total. The van der Waals surface area contributed by atoms with Gasteiger partial charge in [0.25, 0.3) is 0 Å². The molecule has 3 heteroatoms. The fourth-order valence-electron chi connectivity index (χ4n) is 3.87. The predicted molar refractivity (Wildman–Crippen MR) is 104 cm³/mol. The Morgan fingerprint density at radius 2 is 1.58 bits per heavy atom. The minimum atomic E-state index is -1.06. The number of phenolic OH excluding ortho intramolecular Hbond substituents is 1. The molecule has 1 heterocycles. The van der Waals surface area contributed by atoms with E-state index in [1.54, 1.807) is 6.07 Å². The zero-order valence-corrected chi connectivity index (χ0v) is 14.9. The maximum Gasteiger partial charge on any atom is 0.244 e. The van der Waals surface area contributed by atoms with Gasteiger partial charge in [-0.1, -0.05) is 74.5 Å². The Kier molecular flexibility index (Phi) is 3.80. The average Bonchev–Trinajstić information content (AvgIpc) is 2.95. The smallest absolute Gasteiger partial charge is 0.244 e. The molecule has 1 amide bonds. The Morgan fingerprint density at radius 1 is 0.885 bits per heavy atom. The SMILES string of the molecule is CC(C)c1ccc(O)c([C@@]2(c3ccccc3)C(=O)Nc3ccccc32)c1. The Balaban J connectivity index is 2.10. The standard InChI is InChI=1S/C23H21NO2/c1-15(2)16-12-13-21(25)19(14-16)23(17-8-4-3-5-9-17)18-10-6-7-11-20(18)24-22(23)26/h3-15,25H,1-2H3,(H,24,26)/t23-/m0/s1. The van der Waals surface area contributed by atoms with Gasteiger partial charge in [0.15, 0.2) is 0 Å². The lowest BCUT2D eigenvalue weighted by Gasteiger charge is -2.30. The van der Waals surface area contributed by atoms with Gasteiger partial charge in [0.2, 0.25) is 5.91 Å². The fourth-order valence-corrected chi connectivity index (χ4v) is 3.87. The summed E-state index contributed by atoms with van der Waals surface area (Å²) in [5.74, 6) is 0.285. The number of amides is 1. The van der Waals surface area contributed by atoms with Crippen molar-refractivity contribution in [1.29, 1.82) is 0 Å². The molecular weight excluding hydrogens is 322 g/mol. The first kappa shape index (κ1) is 16.4. The lowest BCUT2D eigenvalue weighted by atomic mass is 9.69. The van der Waals surface area contributed by atoms with Gasteiger partial charge >= 0.3 is 0 Å². The molecule has 0 saturated heterocycles. The molecule has 4 rings (SSSR count). The van der Waals surface area contributed by atoms with Crippen molar-refractivity contribution < 1.29 is 9.90 Å². The van der Waals surface area contributed by atoms with E-state index in [-0.39, 0.29) is 11.7 Å². The van der Waals surface area contributed by atoms with E-state index in [4.69, 9.17) is 0 Å². The number of aromatic hydroxyl groups is 1. The molecule has 0 bridgehead atoms. The van der Waals surface area contributed by atoms with Gasteiger partial charge in [0.1, 0.15) is 11.2 Å². The van der Waals surface area contributed by atoms with Crippen LogP contribution in [-0.2, 0) is 10.2 Å². The molecule has 130 valence electrons. The maximum absolute atomic E-state index is 13.4. The molecule has 0 saturated carbocycles. The topological polar surface area (TPSA) is 49.3 Å². The van der Waals surface area contributed by atoms with Crippen LogP contribution >= 0.6 is 0 Å². The fraction of sp³-hybridized carbons (Fsp3) is 0.174. The summed E-state index contributed by atoms with van der Waals surface area (Å²) in [6, 6.07) is 23.0. The van der Waals surface area contributed by atoms with Crippen molar-refractivity contribution in [1.82, 2.24) is 0 Å². The summed E-state index contributed by atoms with van der Waals surface area (Å²) in [4.78, 5) is 13.4. The Labute approximate surface area is 153 Å². The highest BCUT2D eigenvalue weighted by Gasteiger charge is 2.51. The lowest BCUT2D eigenvalue weighted by Crippen LogP contribution is -2.37. The number of para-hydroxylation sites is 1. The highest BCUT2D eigenvalue weighted by molar-refractivity contribution is 6.11. The minimum Gasteiger partial charge on any atom is -0.508 e. The second-order valence-corrected chi connectivity index (χ2v) is 7.05. The molecule has 2 N–H and O–H groups in total. The van der Waals surface area contributed by atoms with Crippen LogP contribution in [0.4, 0.5) is 5.69 Å². The molecule has 0 spiro atoms. The molecule has 0 aromatic heterocycles. The number of fused-ring (bicyclic) bond motifs is 1. The summed E-state index contributed by atoms with van der Waals surface area (Å²) in [6.45, 7) is 4.21. The molecule has 0 fully saturated rings. The molecule has 0 unspecified atom stereocenters. The van der Waals surface area contributed by atoms with Crippen molar-refractivity contribution in [3.63, 3.8) is 0 Å². The van der Waals surface area contributed by atoms with Crippen LogP contribution in [0.2, 0.25) is 0 Å². The molecule has 26 heavy (non-hydrogen) atoms. The van der Waals surface area contributed by atoms with E-state index in [1.807, 2.05) is 66.7 Å². The largest absolute Gasteiger partial charge is 0.508 e. The monoisotopic (exact) mass is 343 g/mol. The number of anilines is 1. The molecule has 1 aliphatic rings. The average molecular weight is 343 g/mol. The number of phenols is 1. The second-order valence-electron chi connectivity index (χ2n) is 7.05. The molecule has 1 aliphatic heterocycles. The van der Waals surface area contributed by atoms with Gasteiger partial charge in [0.05, 0.1) is 0 Å². The summed E-state index contributed by atoms with van der Waals surface area (Å²) in [6.07, 6.45) is 0. The Bertz CT molecular complexity index is 979. The molecular formula is C23H21NO2. The highest BCUT2D eigenvalue weighted by Crippen LogP contribution is 2.50. The van der Waals surface area contributed by atoms with Crippen molar-refractivity contribution in [2.45, 2.75) is 25.2 Å². The molecule has 0 radical (unpaired) electrons. The van der Waals surface area contributed by atoms with Crippen LogP contribution in [0, 0.1) is 0 Å². The molecule has 0 aliphatic carbocycles. The number of carbonyl (C=O) groups excluding carboxylic acids is 1. The summed E-state index contributed by atoms with van der Waals surface area (Å²) in [5.41, 5.74) is 3.15. The number of benzene rings is 3. The lowest BCUT2D eigenvalue weighted by molar-refractivity contribution is -0.118. The van der Waals surface area contributed by atoms with E-state index < -0.39 is 5.41 Å². The summed E-state index contributed by atoms with van der Waals surface area (Å²) < 4.78 is 0. The van der Waals surface area contributed by atoms with Crippen molar-refractivity contribution >= 4 is 11.6 Å². The van der Waals surface area contributed by atoms with Gasteiger partial charge in [-0.05, 0) is 29.2 Å². The van der Waals surface area contributed by atoms with Crippen molar-refractivity contribution in [3.05, 3.63) is 95.1 Å². The van der Waals surface area contributed by atoms with E-state index in [0.29, 0.717) is 11.5 Å². The zero-order chi connectivity index (χ0) is 18.3. The van der Waals surface area contributed by atoms with E-state index in [9.17, 15) is 9.90 Å². The van der Waals surface area contributed by atoms with Gasteiger partial charge in [-0.25, -0.2) is 0 Å². The van der Waals surface area contributed by atoms with Crippen LogP contribution in [0.1, 0.15) is 42.0 Å². The maximum atomic E-state index is 13.4. The summed E-state index contributed by atoms with van der Waals surface area (Å²) >= 11 is 0. The first-order valence-electron chi connectivity index (χ1n) is 8.85. The van der Waals surface area contributed by atoms with Gasteiger partial charge < -0.3 is 10.4 Å². The zero-order valence-electron chi connectivity index (χ0n) is 14.9. The number of rotatable bonds is 3.